The first-order chi connectivity index (χ1) is 22.3. The Hall–Kier alpha value is -4.79. The summed E-state index contributed by atoms with van der Waals surface area (Å²) in [6.07, 6.45) is 5.51. The molecule has 0 unspecified atom stereocenters. The van der Waals surface area contributed by atoms with Crippen molar-refractivity contribution in [3.8, 4) is 0 Å². The van der Waals surface area contributed by atoms with Crippen LogP contribution in [0.1, 0.15) is 39.9 Å². The van der Waals surface area contributed by atoms with Gasteiger partial charge in [0, 0.05) is 18.7 Å². The Balaban J connectivity index is 1.35. The van der Waals surface area contributed by atoms with E-state index in [9.17, 15) is 14.4 Å². The molecule has 8 heteroatoms. The van der Waals surface area contributed by atoms with E-state index in [1.165, 1.54) is 0 Å². The molecule has 4 rings (SSSR count). The van der Waals surface area contributed by atoms with Gasteiger partial charge in [-0.1, -0.05) is 103 Å². The van der Waals surface area contributed by atoms with Gasteiger partial charge in [-0.2, -0.15) is 0 Å². The molecular weight excluding hydrogens is 576 g/mol. The fourth-order valence-corrected chi connectivity index (χ4v) is 5.26. The predicted molar refractivity (Wildman–Crippen MR) is 184 cm³/mol. The molecule has 0 saturated heterocycles. The summed E-state index contributed by atoms with van der Waals surface area (Å²) in [4.78, 5) is 41.8. The molecule has 0 radical (unpaired) electrons. The number of primary amides is 1. The average Bonchev–Trinajstić information content (AvgIpc) is 3.06. The number of fused-ring (bicyclic) bond motifs is 1. The number of ether oxygens (including phenoxy) is 1. The molecule has 4 aromatic rings. The molecule has 1 atom stereocenters. The molecule has 240 valence electrons. The number of hydrogen-bond acceptors (Lipinski definition) is 6. The van der Waals surface area contributed by atoms with Gasteiger partial charge in [-0.15, -0.1) is 0 Å². The van der Waals surface area contributed by atoms with E-state index < -0.39 is 18.0 Å². The fraction of sp³-hybridized carbons (Fsp3) is 0.289. The number of benzene rings is 4. The highest BCUT2D eigenvalue weighted by Gasteiger charge is 2.26. The van der Waals surface area contributed by atoms with Crippen molar-refractivity contribution < 1.29 is 19.1 Å². The molecule has 3 N–H and O–H groups in total. The quantitative estimate of drug-likeness (QED) is 0.116. The summed E-state index contributed by atoms with van der Waals surface area (Å²) in [7, 11) is 4.01. The van der Waals surface area contributed by atoms with Crippen LogP contribution in [0.5, 0.6) is 0 Å². The smallest absolute Gasteiger partial charge is 0.407 e. The molecular formula is C38H44N4O4. The number of nitrogens with zero attached hydrogens (tertiary/aromatic N) is 2. The number of amides is 2. The van der Waals surface area contributed by atoms with Crippen LogP contribution in [0.2, 0.25) is 0 Å². The van der Waals surface area contributed by atoms with Crippen molar-refractivity contribution in [3.05, 3.63) is 125 Å². The number of Topliss-reactive ketones (excluding diaryl/α,β-unsaturated/α-hetero) is 1. The molecule has 0 saturated carbocycles. The Bertz CT molecular complexity index is 1610. The number of nitrogens with two attached hydrogens (primary N) is 1. The lowest BCUT2D eigenvalue weighted by Crippen LogP contribution is -2.49. The zero-order valence-electron chi connectivity index (χ0n) is 26.7. The van der Waals surface area contributed by atoms with E-state index >= 15 is 0 Å². The highest BCUT2D eigenvalue weighted by molar-refractivity contribution is 5.98. The number of nitrogens with one attached hydrogen (secondary N) is 1. The molecule has 0 aromatic heterocycles. The molecule has 0 aliphatic heterocycles. The van der Waals surface area contributed by atoms with Crippen molar-refractivity contribution in [2.75, 3.05) is 40.3 Å². The second kappa shape index (κ2) is 17.6. The third-order valence-electron chi connectivity index (χ3n) is 7.72. The van der Waals surface area contributed by atoms with Crippen LogP contribution >= 0.6 is 0 Å². The van der Waals surface area contributed by atoms with Crippen molar-refractivity contribution in [2.24, 2.45) is 5.73 Å². The normalized spacial score (nSPS) is 12.1. The minimum absolute atomic E-state index is 0.0328. The summed E-state index contributed by atoms with van der Waals surface area (Å²) in [5.41, 5.74) is 9.55. The largest absolute Gasteiger partial charge is 0.445 e. The van der Waals surface area contributed by atoms with E-state index in [-0.39, 0.29) is 18.9 Å². The molecule has 0 spiro atoms. The lowest BCUT2D eigenvalue weighted by atomic mass is 9.98. The fourth-order valence-electron chi connectivity index (χ4n) is 5.26. The van der Waals surface area contributed by atoms with Gasteiger partial charge in [0.15, 0.2) is 5.78 Å². The molecule has 0 aliphatic rings. The molecule has 0 fully saturated rings. The lowest BCUT2D eigenvalue weighted by molar-refractivity contribution is -0.123. The van der Waals surface area contributed by atoms with Crippen LogP contribution in [0.4, 0.5) is 4.79 Å². The van der Waals surface area contributed by atoms with Crippen LogP contribution in [0.3, 0.4) is 0 Å². The van der Waals surface area contributed by atoms with Crippen LogP contribution in [0.25, 0.3) is 16.8 Å². The van der Waals surface area contributed by atoms with Crippen LogP contribution in [-0.2, 0) is 22.6 Å². The summed E-state index contributed by atoms with van der Waals surface area (Å²) in [6.45, 7) is 2.27. The van der Waals surface area contributed by atoms with E-state index in [2.05, 4.69) is 34.5 Å². The maximum atomic E-state index is 13.1. The molecule has 0 bridgehead atoms. The number of hydrogen-bond donors (Lipinski definition) is 2. The van der Waals surface area contributed by atoms with Gasteiger partial charge < -0.3 is 20.7 Å². The highest BCUT2D eigenvalue weighted by atomic mass is 16.5. The summed E-state index contributed by atoms with van der Waals surface area (Å²) in [5.74, 6) is -0.472. The molecule has 0 aliphatic carbocycles. The first kappa shape index (κ1) is 34.1. The van der Waals surface area contributed by atoms with Crippen LogP contribution in [-0.4, -0.2) is 73.9 Å². The van der Waals surface area contributed by atoms with E-state index in [0.29, 0.717) is 31.5 Å². The standard InChI is InChI=1S/C38H44N4O4/c1-41(2)22-11-23-42(27-36(43)32-15-7-4-8-16-32)35(37(39)44)26-31-18-20-33-24-29(17-19-34(33)25-31)12-9-10-21-40-38(45)46-28-30-13-5-3-6-14-30/h3-9,12-20,24-25,35H,10-11,21-23,26-28H2,1-2H3,(H2,39,44)(H,40,45)/b12-9+/t35-/m0/s1. The molecule has 0 heterocycles. The van der Waals surface area contributed by atoms with Gasteiger partial charge in [0.05, 0.1) is 12.6 Å². The van der Waals surface area contributed by atoms with Crippen molar-refractivity contribution in [1.29, 1.82) is 0 Å². The highest BCUT2D eigenvalue weighted by Crippen LogP contribution is 2.21. The van der Waals surface area contributed by atoms with E-state index in [1.807, 2.05) is 91.8 Å². The second-order valence-corrected chi connectivity index (χ2v) is 11.7. The number of alkyl carbamates (subject to hydrolysis) is 1. The molecule has 4 aromatic carbocycles. The summed E-state index contributed by atoms with van der Waals surface area (Å²) in [6, 6.07) is 30.5. The van der Waals surface area contributed by atoms with Gasteiger partial charge in [0.2, 0.25) is 5.91 Å². The number of carbonyl (C=O) groups excluding carboxylic acids is 3. The topological polar surface area (TPSA) is 105 Å². The number of carbonyl (C=O) groups is 3. The number of ketones is 1. The Labute approximate surface area is 271 Å². The van der Waals surface area contributed by atoms with Gasteiger partial charge in [-0.3, -0.25) is 14.5 Å². The Morgan fingerprint density at radius 1 is 0.848 bits per heavy atom. The predicted octanol–water partition coefficient (Wildman–Crippen LogP) is 5.70. The lowest BCUT2D eigenvalue weighted by Gasteiger charge is -2.29. The number of rotatable bonds is 17. The maximum absolute atomic E-state index is 13.1. The van der Waals surface area contributed by atoms with E-state index in [4.69, 9.17) is 10.5 Å². The van der Waals surface area contributed by atoms with E-state index in [0.717, 1.165) is 40.4 Å². The van der Waals surface area contributed by atoms with Crippen molar-refractivity contribution in [1.82, 2.24) is 15.1 Å². The zero-order valence-corrected chi connectivity index (χ0v) is 26.7. The minimum Gasteiger partial charge on any atom is -0.445 e. The minimum atomic E-state index is -0.612. The average molecular weight is 621 g/mol. The third-order valence-corrected chi connectivity index (χ3v) is 7.72. The summed E-state index contributed by atoms with van der Waals surface area (Å²) in [5, 5.41) is 4.90. The molecule has 46 heavy (non-hydrogen) atoms. The molecule has 2 amide bonds. The first-order valence-electron chi connectivity index (χ1n) is 15.7. The summed E-state index contributed by atoms with van der Waals surface area (Å²) < 4.78 is 5.24. The monoisotopic (exact) mass is 620 g/mol. The summed E-state index contributed by atoms with van der Waals surface area (Å²) >= 11 is 0. The van der Waals surface area contributed by atoms with Crippen LogP contribution in [0.15, 0.2) is 103 Å². The third kappa shape index (κ3) is 11.0. The van der Waals surface area contributed by atoms with Crippen LogP contribution < -0.4 is 11.1 Å². The Morgan fingerprint density at radius 3 is 2.26 bits per heavy atom. The molecule has 8 nitrogen and oxygen atoms in total. The Morgan fingerprint density at radius 2 is 1.54 bits per heavy atom. The second-order valence-electron chi connectivity index (χ2n) is 11.7. The first-order valence-corrected chi connectivity index (χ1v) is 15.7. The SMILES string of the molecule is CN(C)CCCN(CC(=O)c1ccccc1)[C@@H](Cc1ccc2cc(/C=C/CCNC(=O)OCc3ccccc3)ccc2c1)C(N)=O. The Kier molecular flexibility index (Phi) is 13.1. The van der Waals surface area contributed by atoms with Crippen molar-refractivity contribution in [3.63, 3.8) is 0 Å². The van der Waals surface area contributed by atoms with Gasteiger partial charge >= 0.3 is 6.09 Å². The van der Waals surface area contributed by atoms with Crippen molar-refractivity contribution in [2.45, 2.75) is 31.9 Å². The zero-order chi connectivity index (χ0) is 32.7. The van der Waals surface area contributed by atoms with Gasteiger partial charge in [0.25, 0.3) is 0 Å². The van der Waals surface area contributed by atoms with Gasteiger partial charge in [-0.05, 0) is 73.4 Å². The van der Waals surface area contributed by atoms with Crippen LogP contribution in [0, 0.1) is 0 Å². The van der Waals surface area contributed by atoms with Crippen molar-refractivity contribution >= 4 is 34.6 Å². The van der Waals surface area contributed by atoms with E-state index in [1.54, 1.807) is 12.1 Å². The van der Waals surface area contributed by atoms with Gasteiger partial charge in [0.1, 0.15) is 6.61 Å². The maximum Gasteiger partial charge on any atom is 0.407 e. The van der Waals surface area contributed by atoms with Gasteiger partial charge in [-0.25, -0.2) is 4.79 Å².